The Bertz CT molecular complexity index is 1380. The lowest BCUT2D eigenvalue weighted by molar-refractivity contribution is -0.119. The van der Waals surface area contributed by atoms with E-state index in [2.05, 4.69) is 10.3 Å². The minimum absolute atomic E-state index is 0.105. The van der Waals surface area contributed by atoms with Gasteiger partial charge in [-0.1, -0.05) is 41.9 Å². The van der Waals surface area contributed by atoms with Gasteiger partial charge in [0.15, 0.2) is 0 Å². The maximum atomic E-state index is 13.6. The molecule has 0 saturated heterocycles. The number of fused-ring (bicyclic) bond motifs is 2. The van der Waals surface area contributed by atoms with Gasteiger partial charge in [0.1, 0.15) is 0 Å². The highest BCUT2D eigenvalue weighted by Crippen LogP contribution is 2.47. The first kappa shape index (κ1) is 20.5. The summed E-state index contributed by atoms with van der Waals surface area (Å²) >= 11 is 7.44. The van der Waals surface area contributed by atoms with E-state index in [1.165, 1.54) is 20.8 Å². The number of carbonyl (C=O) groups is 2. The number of carbonyl (C=O) groups excluding carboxylic acids is 1. The molecule has 32 heavy (non-hydrogen) atoms. The van der Waals surface area contributed by atoms with Crippen molar-refractivity contribution >= 4 is 51.9 Å². The highest BCUT2D eigenvalue weighted by atomic mass is 35.5. The standard InChI is InChI=1S/C22H17ClN4O4S/c1-12(17-10-11-18(23)32-17)26-19(28)13-6-2-3-7-14(13)22(26,31)27-16-9-5-4-8-15(16)24-20(27)25-21(29)30/h2-12,31H,1H3,(H,24,25)(H,29,30)/t12?,22-/m1/s1. The number of nitrogens with zero attached hydrogens (tertiary/aromatic N) is 3. The summed E-state index contributed by atoms with van der Waals surface area (Å²) in [5.74, 6) is -2.54. The minimum Gasteiger partial charge on any atom is -0.465 e. The SMILES string of the molecule is CC(c1ccc(Cl)s1)N1C(=O)c2ccccc2[C@]1(O)n1c(NC(=O)O)nc2ccccc21. The van der Waals surface area contributed by atoms with Gasteiger partial charge in [-0.3, -0.25) is 19.6 Å². The molecule has 1 aliphatic rings. The Hall–Kier alpha value is -3.40. The van der Waals surface area contributed by atoms with Gasteiger partial charge in [-0.2, -0.15) is 0 Å². The van der Waals surface area contributed by atoms with E-state index in [4.69, 9.17) is 11.6 Å². The van der Waals surface area contributed by atoms with E-state index in [1.807, 2.05) is 0 Å². The first-order valence-corrected chi connectivity index (χ1v) is 10.9. The fourth-order valence-corrected chi connectivity index (χ4v) is 5.34. The average Bonchev–Trinajstić information content (AvgIpc) is 3.41. The van der Waals surface area contributed by atoms with Crippen molar-refractivity contribution < 1.29 is 19.8 Å². The molecule has 3 heterocycles. The van der Waals surface area contributed by atoms with Crippen LogP contribution in [-0.2, 0) is 5.85 Å². The maximum Gasteiger partial charge on any atom is 0.411 e. The van der Waals surface area contributed by atoms with Crippen molar-refractivity contribution in [3.05, 3.63) is 81.0 Å². The summed E-state index contributed by atoms with van der Waals surface area (Å²) in [5, 5.41) is 24.0. The monoisotopic (exact) mass is 468 g/mol. The molecule has 5 rings (SSSR count). The van der Waals surface area contributed by atoms with Crippen LogP contribution in [0.25, 0.3) is 11.0 Å². The number of para-hydroxylation sites is 2. The van der Waals surface area contributed by atoms with Crippen LogP contribution in [-0.4, -0.2) is 36.7 Å². The van der Waals surface area contributed by atoms with Crippen molar-refractivity contribution in [2.45, 2.75) is 18.8 Å². The Labute approximate surface area is 191 Å². The van der Waals surface area contributed by atoms with Crippen LogP contribution >= 0.6 is 22.9 Å². The summed E-state index contributed by atoms with van der Waals surface area (Å²) in [6.07, 6.45) is -1.34. The molecule has 0 aliphatic carbocycles. The largest absolute Gasteiger partial charge is 0.465 e. The van der Waals surface area contributed by atoms with Crippen LogP contribution in [0.5, 0.6) is 0 Å². The van der Waals surface area contributed by atoms with Crippen LogP contribution in [0.4, 0.5) is 10.7 Å². The molecule has 0 bridgehead atoms. The summed E-state index contributed by atoms with van der Waals surface area (Å²) in [7, 11) is 0. The van der Waals surface area contributed by atoms with Gasteiger partial charge >= 0.3 is 6.09 Å². The van der Waals surface area contributed by atoms with Gasteiger partial charge in [-0.15, -0.1) is 11.3 Å². The Balaban J connectivity index is 1.82. The molecule has 3 N–H and O–H groups in total. The van der Waals surface area contributed by atoms with E-state index in [0.717, 1.165) is 4.88 Å². The number of imidazole rings is 1. The number of aliphatic hydroxyl groups is 1. The first-order valence-electron chi connectivity index (χ1n) is 9.71. The van der Waals surface area contributed by atoms with E-state index in [0.29, 0.717) is 26.5 Å². The Morgan fingerprint density at radius 1 is 1.16 bits per heavy atom. The van der Waals surface area contributed by atoms with Crippen LogP contribution < -0.4 is 5.32 Å². The number of halogens is 1. The average molecular weight is 469 g/mol. The smallest absolute Gasteiger partial charge is 0.411 e. The third kappa shape index (κ3) is 2.89. The molecule has 0 radical (unpaired) electrons. The van der Waals surface area contributed by atoms with Gasteiger partial charge in [0.05, 0.1) is 21.4 Å². The molecule has 2 atom stereocenters. The molecule has 162 valence electrons. The van der Waals surface area contributed by atoms with Gasteiger partial charge in [0.25, 0.3) is 11.8 Å². The van der Waals surface area contributed by atoms with Crippen LogP contribution in [0.2, 0.25) is 4.34 Å². The fourth-order valence-electron chi connectivity index (χ4n) is 4.24. The van der Waals surface area contributed by atoms with Gasteiger partial charge < -0.3 is 10.2 Å². The number of amides is 2. The molecular weight excluding hydrogens is 452 g/mol. The van der Waals surface area contributed by atoms with E-state index in [-0.39, 0.29) is 11.9 Å². The molecule has 2 amide bonds. The van der Waals surface area contributed by atoms with E-state index in [9.17, 15) is 19.8 Å². The second-order valence-electron chi connectivity index (χ2n) is 7.36. The van der Waals surface area contributed by atoms with Crippen molar-refractivity contribution in [1.29, 1.82) is 0 Å². The predicted molar refractivity (Wildman–Crippen MR) is 121 cm³/mol. The lowest BCUT2D eigenvalue weighted by Gasteiger charge is -2.39. The number of hydrogen-bond acceptors (Lipinski definition) is 5. The predicted octanol–water partition coefficient (Wildman–Crippen LogP) is 4.71. The number of anilines is 1. The molecule has 2 aromatic carbocycles. The van der Waals surface area contributed by atoms with Crippen LogP contribution in [0.15, 0.2) is 60.7 Å². The fraction of sp³-hybridized carbons (Fsp3) is 0.136. The van der Waals surface area contributed by atoms with Crippen LogP contribution in [0.3, 0.4) is 0 Å². The van der Waals surface area contributed by atoms with E-state index >= 15 is 0 Å². The molecule has 1 unspecified atom stereocenters. The molecule has 4 aromatic rings. The number of hydrogen-bond donors (Lipinski definition) is 3. The number of aromatic nitrogens is 2. The molecule has 0 fully saturated rings. The quantitative estimate of drug-likeness (QED) is 0.402. The summed E-state index contributed by atoms with van der Waals surface area (Å²) in [5.41, 5.74) is 1.58. The van der Waals surface area contributed by atoms with Crippen molar-refractivity contribution in [1.82, 2.24) is 14.5 Å². The molecule has 8 nitrogen and oxygen atoms in total. The Morgan fingerprint density at radius 2 is 1.88 bits per heavy atom. The number of nitrogens with one attached hydrogen (secondary N) is 1. The van der Waals surface area contributed by atoms with Crippen LogP contribution in [0, 0.1) is 0 Å². The molecule has 0 spiro atoms. The molecular formula is C22H17ClN4O4S. The normalized spacial score (nSPS) is 18.7. The third-order valence-corrected chi connectivity index (χ3v) is 6.96. The highest BCUT2D eigenvalue weighted by Gasteiger charge is 2.54. The number of carboxylic acid groups (broad SMARTS) is 1. The molecule has 2 aromatic heterocycles. The van der Waals surface area contributed by atoms with Gasteiger partial charge in [0.2, 0.25) is 5.95 Å². The first-order chi connectivity index (χ1) is 15.3. The number of benzene rings is 2. The lowest BCUT2D eigenvalue weighted by Crippen LogP contribution is -2.50. The van der Waals surface area contributed by atoms with E-state index < -0.39 is 18.0 Å². The van der Waals surface area contributed by atoms with Gasteiger partial charge in [-0.05, 0) is 37.3 Å². The summed E-state index contributed by atoms with van der Waals surface area (Å²) in [4.78, 5) is 31.6. The molecule has 10 heteroatoms. The van der Waals surface area contributed by atoms with Crippen molar-refractivity contribution in [3.63, 3.8) is 0 Å². The minimum atomic E-state index is -2.04. The van der Waals surface area contributed by atoms with Crippen molar-refractivity contribution in [2.24, 2.45) is 0 Å². The zero-order chi connectivity index (χ0) is 22.6. The number of rotatable bonds is 4. The third-order valence-electron chi connectivity index (χ3n) is 5.56. The zero-order valence-electron chi connectivity index (χ0n) is 16.7. The summed E-state index contributed by atoms with van der Waals surface area (Å²) < 4.78 is 1.91. The Morgan fingerprint density at radius 3 is 2.59 bits per heavy atom. The maximum absolute atomic E-state index is 13.6. The lowest BCUT2D eigenvalue weighted by atomic mass is 10.1. The zero-order valence-corrected chi connectivity index (χ0v) is 18.3. The summed E-state index contributed by atoms with van der Waals surface area (Å²) in [6.45, 7) is 1.79. The second-order valence-corrected chi connectivity index (χ2v) is 9.11. The van der Waals surface area contributed by atoms with Crippen LogP contribution in [0.1, 0.15) is 33.8 Å². The topological polar surface area (TPSA) is 108 Å². The van der Waals surface area contributed by atoms with E-state index in [1.54, 1.807) is 67.6 Å². The molecule has 1 aliphatic heterocycles. The number of thiophene rings is 1. The van der Waals surface area contributed by atoms with Crippen molar-refractivity contribution in [2.75, 3.05) is 5.32 Å². The summed E-state index contributed by atoms with van der Waals surface area (Å²) in [6, 6.07) is 16.6. The van der Waals surface area contributed by atoms with Crippen molar-refractivity contribution in [3.8, 4) is 0 Å². The molecule has 0 saturated carbocycles. The van der Waals surface area contributed by atoms with Gasteiger partial charge in [-0.25, -0.2) is 9.78 Å². The van der Waals surface area contributed by atoms with Gasteiger partial charge in [0, 0.05) is 16.0 Å². The highest BCUT2D eigenvalue weighted by molar-refractivity contribution is 7.16. The second kappa shape index (κ2) is 7.33. The Kier molecular flexibility index (Phi) is 4.70.